The molecule has 132 valence electrons. The van der Waals surface area contributed by atoms with Gasteiger partial charge < -0.3 is 9.64 Å². The highest BCUT2D eigenvalue weighted by Gasteiger charge is 2.15. The summed E-state index contributed by atoms with van der Waals surface area (Å²) in [5, 5.41) is 8.03. The molecule has 0 radical (unpaired) electrons. The molecule has 6 nitrogen and oxygen atoms in total. The van der Waals surface area contributed by atoms with Crippen LogP contribution in [0.25, 0.3) is 11.4 Å². The van der Waals surface area contributed by atoms with Gasteiger partial charge in [0.15, 0.2) is 5.82 Å². The predicted molar refractivity (Wildman–Crippen MR) is 101 cm³/mol. The largest absolute Gasteiger partial charge is 0.496 e. The molecule has 0 aliphatic rings. The molecule has 0 bridgehead atoms. The molecule has 25 heavy (non-hydrogen) atoms. The number of nitrogens with one attached hydrogen (secondary N) is 1. The summed E-state index contributed by atoms with van der Waals surface area (Å²) in [5.74, 6) is 1.36. The van der Waals surface area contributed by atoms with Gasteiger partial charge in [-0.25, -0.2) is 4.98 Å². The highest BCUT2D eigenvalue weighted by atomic mass is 35.5. The van der Waals surface area contributed by atoms with E-state index in [9.17, 15) is 4.79 Å². The lowest BCUT2D eigenvalue weighted by Crippen LogP contribution is -2.32. The number of ether oxygens (including phenoxy) is 1. The topological polar surface area (TPSA) is 71.1 Å². The van der Waals surface area contributed by atoms with E-state index in [0.29, 0.717) is 40.4 Å². The zero-order valence-corrected chi connectivity index (χ0v) is 15.4. The summed E-state index contributed by atoms with van der Waals surface area (Å²) in [5.41, 5.74) is 0.709. The average molecular weight is 379 g/mol. The van der Waals surface area contributed by atoms with Crippen molar-refractivity contribution in [2.24, 2.45) is 0 Å². The molecule has 0 fully saturated rings. The number of hydrogen-bond donors (Lipinski definition) is 1. The van der Waals surface area contributed by atoms with E-state index in [2.05, 4.69) is 28.3 Å². The van der Waals surface area contributed by atoms with Crippen LogP contribution < -0.4 is 4.74 Å². The summed E-state index contributed by atoms with van der Waals surface area (Å²) in [6.07, 6.45) is 3.37. The molecule has 1 N–H and O–H groups in total. The Balaban J connectivity index is 2.07. The lowest BCUT2D eigenvalue weighted by Gasteiger charge is -2.18. The third-order valence-electron chi connectivity index (χ3n) is 3.26. The molecule has 2 rings (SSSR count). The lowest BCUT2D eigenvalue weighted by atomic mass is 10.2. The van der Waals surface area contributed by atoms with Crippen molar-refractivity contribution in [1.82, 2.24) is 20.1 Å². The molecule has 2 aromatic rings. The van der Waals surface area contributed by atoms with Crippen molar-refractivity contribution < 1.29 is 9.53 Å². The van der Waals surface area contributed by atoms with Crippen LogP contribution in [0, 0.1) is 0 Å². The Morgan fingerprint density at radius 1 is 1.40 bits per heavy atom. The fourth-order valence-electron chi connectivity index (χ4n) is 2.10. The van der Waals surface area contributed by atoms with Gasteiger partial charge >= 0.3 is 0 Å². The summed E-state index contributed by atoms with van der Waals surface area (Å²) in [7, 11) is 1.57. The lowest BCUT2D eigenvalue weighted by molar-refractivity contribution is -0.127. The van der Waals surface area contributed by atoms with E-state index in [1.54, 1.807) is 42.4 Å². The number of carbonyl (C=O) groups excluding carboxylic acids is 1. The number of thioether (sulfide) groups is 1. The summed E-state index contributed by atoms with van der Waals surface area (Å²) in [6, 6.07) is 5.25. The van der Waals surface area contributed by atoms with E-state index < -0.39 is 0 Å². The molecular formula is C17H19ClN4O2S. The number of rotatable bonds is 9. The summed E-state index contributed by atoms with van der Waals surface area (Å²) >= 11 is 7.29. The molecule has 0 atom stereocenters. The molecular weight excluding hydrogens is 360 g/mol. The minimum atomic E-state index is -0.0310. The Kier molecular flexibility index (Phi) is 7.09. The van der Waals surface area contributed by atoms with Gasteiger partial charge in [0, 0.05) is 18.1 Å². The molecule has 0 saturated heterocycles. The highest BCUT2D eigenvalue weighted by molar-refractivity contribution is 7.99. The molecule has 0 saturated carbocycles. The number of methoxy groups -OCH3 is 1. The van der Waals surface area contributed by atoms with Gasteiger partial charge in [-0.05, 0) is 18.2 Å². The molecule has 0 aliphatic heterocycles. The summed E-state index contributed by atoms with van der Waals surface area (Å²) in [4.78, 5) is 18.3. The van der Waals surface area contributed by atoms with Gasteiger partial charge in [0.25, 0.3) is 0 Å². The molecule has 0 unspecified atom stereocenters. The van der Waals surface area contributed by atoms with E-state index in [1.165, 1.54) is 11.8 Å². The quantitative estimate of drug-likeness (QED) is 0.534. The molecule has 1 heterocycles. The van der Waals surface area contributed by atoms with Crippen LogP contribution in [-0.4, -0.2) is 51.9 Å². The highest BCUT2D eigenvalue weighted by Crippen LogP contribution is 2.31. The fraction of sp³-hybridized carbons (Fsp3) is 0.235. The normalized spacial score (nSPS) is 10.3. The Morgan fingerprint density at radius 2 is 2.12 bits per heavy atom. The number of nitrogens with zero attached hydrogens (tertiary/aromatic N) is 3. The number of carbonyl (C=O) groups is 1. The maximum absolute atomic E-state index is 12.2. The Morgan fingerprint density at radius 3 is 2.76 bits per heavy atom. The van der Waals surface area contributed by atoms with E-state index >= 15 is 0 Å². The zero-order valence-electron chi connectivity index (χ0n) is 13.9. The number of benzene rings is 1. The van der Waals surface area contributed by atoms with E-state index in [0.717, 1.165) is 0 Å². The van der Waals surface area contributed by atoms with Crippen LogP contribution in [0.15, 0.2) is 48.7 Å². The van der Waals surface area contributed by atoms with Gasteiger partial charge in [-0.1, -0.05) is 35.5 Å². The van der Waals surface area contributed by atoms with Crippen LogP contribution in [0.5, 0.6) is 5.75 Å². The molecule has 1 aromatic carbocycles. The standard InChI is InChI=1S/C17H19ClN4O2S/c1-4-8-22(9-5-2)15(23)11-25-17-19-16(20-21-17)13-10-12(18)6-7-14(13)24-3/h4-7,10H,1-2,8-9,11H2,3H3,(H,19,20,21). The van der Waals surface area contributed by atoms with Crippen molar-refractivity contribution in [2.45, 2.75) is 5.16 Å². The van der Waals surface area contributed by atoms with Gasteiger partial charge in [0.2, 0.25) is 11.1 Å². The smallest absolute Gasteiger partial charge is 0.233 e. The third kappa shape index (κ3) is 5.11. The van der Waals surface area contributed by atoms with Gasteiger partial charge in [0.1, 0.15) is 5.75 Å². The van der Waals surface area contributed by atoms with Crippen molar-refractivity contribution in [1.29, 1.82) is 0 Å². The number of halogens is 1. The van der Waals surface area contributed by atoms with Crippen molar-refractivity contribution in [2.75, 3.05) is 26.0 Å². The second-order valence-corrected chi connectivity index (χ2v) is 6.35. The molecule has 1 amide bonds. The number of aromatic amines is 1. The van der Waals surface area contributed by atoms with Crippen LogP contribution in [0.2, 0.25) is 5.02 Å². The van der Waals surface area contributed by atoms with Crippen LogP contribution in [-0.2, 0) is 4.79 Å². The molecule has 8 heteroatoms. The van der Waals surface area contributed by atoms with E-state index in [4.69, 9.17) is 16.3 Å². The minimum absolute atomic E-state index is 0.0310. The van der Waals surface area contributed by atoms with Crippen LogP contribution >= 0.6 is 23.4 Å². The van der Waals surface area contributed by atoms with Gasteiger partial charge in [-0.3, -0.25) is 9.89 Å². The monoisotopic (exact) mass is 378 g/mol. The molecule has 0 spiro atoms. The Hall–Kier alpha value is -2.25. The number of aromatic nitrogens is 3. The maximum atomic E-state index is 12.2. The number of H-pyrrole nitrogens is 1. The zero-order chi connectivity index (χ0) is 18.2. The first kappa shape index (κ1) is 19.1. The third-order valence-corrected chi connectivity index (χ3v) is 4.33. The van der Waals surface area contributed by atoms with Gasteiger partial charge in [-0.2, -0.15) is 0 Å². The minimum Gasteiger partial charge on any atom is -0.496 e. The van der Waals surface area contributed by atoms with Crippen LogP contribution in [0.4, 0.5) is 0 Å². The summed E-state index contributed by atoms with van der Waals surface area (Å²) in [6.45, 7) is 8.27. The number of hydrogen-bond acceptors (Lipinski definition) is 5. The molecule has 0 aliphatic carbocycles. The van der Waals surface area contributed by atoms with Gasteiger partial charge in [0.05, 0.1) is 18.4 Å². The summed E-state index contributed by atoms with van der Waals surface area (Å²) < 4.78 is 5.31. The van der Waals surface area contributed by atoms with Crippen LogP contribution in [0.3, 0.4) is 0 Å². The second-order valence-electron chi connectivity index (χ2n) is 4.98. The van der Waals surface area contributed by atoms with E-state index in [1.807, 2.05) is 0 Å². The Labute approximate surface area is 155 Å². The Bertz CT molecular complexity index is 753. The SMILES string of the molecule is C=CCN(CC=C)C(=O)CSc1n[nH]c(-c2cc(Cl)ccc2OC)n1. The predicted octanol–water partition coefficient (Wildman–Crippen LogP) is 3.43. The van der Waals surface area contributed by atoms with Crippen molar-refractivity contribution >= 4 is 29.3 Å². The first-order chi connectivity index (χ1) is 12.1. The fourth-order valence-corrected chi connectivity index (χ4v) is 2.98. The second kappa shape index (κ2) is 9.29. The van der Waals surface area contributed by atoms with Crippen molar-refractivity contribution in [3.63, 3.8) is 0 Å². The number of amides is 1. The van der Waals surface area contributed by atoms with Crippen LogP contribution in [0.1, 0.15) is 0 Å². The van der Waals surface area contributed by atoms with Crippen molar-refractivity contribution in [3.8, 4) is 17.1 Å². The maximum Gasteiger partial charge on any atom is 0.233 e. The van der Waals surface area contributed by atoms with Crippen molar-refractivity contribution in [3.05, 3.63) is 48.5 Å². The first-order valence-electron chi connectivity index (χ1n) is 7.47. The average Bonchev–Trinajstić information content (AvgIpc) is 3.08. The van der Waals surface area contributed by atoms with Gasteiger partial charge in [-0.15, -0.1) is 18.3 Å². The first-order valence-corrected chi connectivity index (χ1v) is 8.84. The molecule has 1 aromatic heterocycles. The van der Waals surface area contributed by atoms with E-state index in [-0.39, 0.29) is 11.7 Å².